The van der Waals surface area contributed by atoms with E-state index in [0.717, 1.165) is 16.7 Å². The number of hydrogen-bond acceptors (Lipinski definition) is 4. The van der Waals surface area contributed by atoms with Crippen molar-refractivity contribution >= 4 is 28.5 Å². The molecule has 0 saturated carbocycles. The lowest BCUT2D eigenvalue weighted by Gasteiger charge is -2.06. The van der Waals surface area contributed by atoms with Crippen LogP contribution in [-0.4, -0.2) is 30.7 Å². The van der Waals surface area contributed by atoms with Gasteiger partial charge in [-0.1, -0.05) is 28.9 Å². The van der Waals surface area contributed by atoms with E-state index in [-0.39, 0.29) is 12.5 Å². The molecular formula is C13H13ClN6O. The second-order valence-electron chi connectivity index (χ2n) is 4.58. The van der Waals surface area contributed by atoms with Gasteiger partial charge >= 0.3 is 0 Å². The molecule has 0 fully saturated rings. The molecule has 0 atom stereocenters. The summed E-state index contributed by atoms with van der Waals surface area (Å²) in [5.41, 5.74) is 2.35. The van der Waals surface area contributed by atoms with Gasteiger partial charge in [0.05, 0.1) is 29.0 Å². The van der Waals surface area contributed by atoms with E-state index in [1.165, 1.54) is 0 Å². The van der Waals surface area contributed by atoms with E-state index in [4.69, 9.17) is 11.6 Å². The fourth-order valence-corrected chi connectivity index (χ4v) is 2.28. The first-order valence-electron chi connectivity index (χ1n) is 6.36. The van der Waals surface area contributed by atoms with E-state index in [0.29, 0.717) is 11.6 Å². The Balaban J connectivity index is 1.67. The van der Waals surface area contributed by atoms with Crippen molar-refractivity contribution in [1.29, 1.82) is 0 Å². The number of amides is 1. The SMILES string of the molecule is Cn1ncc(Cl)c1CNC(=O)Cn1nnc2ccccc21. The highest BCUT2D eigenvalue weighted by Gasteiger charge is 2.11. The maximum atomic E-state index is 12.0. The quantitative estimate of drug-likeness (QED) is 0.784. The number of rotatable bonds is 4. The second kappa shape index (κ2) is 5.53. The first kappa shape index (κ1) is 13.6. The van der Waals surface area contributed by atoms with Crippen molar-refractivity contribution in [3.05, 3.63) is 41.2 Å². The van der Waals surface area contributed by atoms with Gasteiger partial charge in [0.25, 0.3) is 0 Å². The number of halogens is 1. The fourth-order valence-electron chi connectivity index (χ4n) is 2.04. The number of benzene rings is 1. The van der Waals surface area contributed by atoms with E-state index in [1.807, 2.05) is 24.3 Å². The van der Waals surface area contributed by atoms with Crippen molar-refractivity contribution in [1.82, 2.24) is 30.1 Å². The molecule has 7 nitrogen and oxygen atoms in total. The van der Waals surface area contributed by atoms with Crippen molar-refractivity contribution in [3.63, 3.8) is 0 Å². The third-order valence-electron chi connectivity index (χ3n) is 3.18. The molecule has 0 aliphatic carbocycles. The molecule has 0 aliphatic heterocycles. The molecule has 108 valence electrons. The van der Waals surface area contributed by atoms with Crippen LogP contribution in [0.2, 0.25) is 5.02 Å². The van der Waals surface area contributed by atoms with Gasteiger partial charge in [0.1, 0.15) is 12.1 Å². The lowest BCUT2D eigenvalue weighted by Crippen LogP contribution is -2.28. The Morgan fingerprint density at radius 1 is 1.38 bits per heavy atom. The highest BCUT2D eigenvalue weighted by molar-refractivity contribution is 6.31. The van der Waals surface area contributed by atoms with Crippen molar-refractivity contribution < 1.29 is 4.79 Å². The Bertz CT molecular complexity index is 773. The number of carbonyl (C=O) groups excluding carboxylic acids is 1. The summed E-state index contributed by atoms with van der Waals surface area (Å²) >= 11 is 5.99. The van der Waals surface area contributed by atoms with Gasteiger partial charge < -0.3 is 5.32 Å². The molecular weight excluding hydrogens is 292 g/mol. The third-order valence-corrected chi connectivity index (χ3v) is 3.49. The third kappa shape index (κ3) is 2.73. The Hall–Kier alpha value is -2.41. The maximum absolute atomic E-state index is 12.0. The smallest absolute Gasteiger partial charge is 0.242 e. The summed E-state index contributed by atoms with van der Waals surface area (Å²) in [6.07, 6.45) is 1.55. The number of para-hydroxylation sites is 1. The average Bonchev–Trinajstić information content (AvgIpc) is 3.02. The van der Waals surface area contributed by atoms with Crippen LogP contribution in [0.25, 0.3) is 11.0 Å². The second-order valence-corrected chi connectivity index (χ2v) is 4.98. The van der Waals surface area contributed by atoms with Crippen LogP contribution in [-0.2, 0) is 24.9 Å². The molecule has 0 spiro atoms. The monoisotopic (exact) mass is 304 g/mol. The molecule has 8 heteroatoms. The zero-order valence-electron chi connectivity index (χ0n) is 11.3. The summed E-state index contributed by atoms with van der Waals surface area (Å²) < 4.78 is 3.20. The number of hydrogen-bond donors (Lipinski definition) is 1. The standard InChI is InChI=1S/C13H13ClN6O/c1-19-12(9(14)6-16-19)7-15-13(21)8-20-11-5-3-2-4-10(11)17-18-20/h2-6H,7-8H2,1H3,(H,15,21). The molecule has 0 saturated heterocycles. The number of nitrogens with one attached hydrogen (secondary N) is 1. The largest absolute Gasteiger partial charge is 0.349 e. The van der Waals surface area contributed by atoms with Gasteiger partial charge in [-0.15, -0.1) is 5.10 Å². The van der Waals surface area contributed by atoms with Gasteiger partial charge in [-0.25, -0.2) is 4.68 Å². The molecule has 1 aromatic carbocycles. The molecule has 21 heavy (non-hydrogen) atoms. The van der Waals surface area contributed by atoms with E-state index in [1.54, 1.807) is 22.6 Å². The number of carbonyl (C=O) groups is 1. The molecule has 2 heterocycles. The zero-order chi connectivity index (χ0) is 14.8. The predicted octanol–water partition coefficient (Wildman–Crippen LogP) is 1.13. The van der Waals surface area contributed by atoms with Crippen LogP contribution in [0.5, 0.6) is 0 Å². The molecule has 1 N–H and O–H groups in total. The minimum atomic E-state index is -0.164. The minimum Gasteiger partial charge on any atom is -0.349 e. The highest BCUT2D eigenvalue weighted by atomic mass is 35.5. The summed E-state index contributed by atoms with van der Waals surface area (Å²) in [6, 6.07) is 7.49. The van der Waals surface area contributed by atoms with E-state index in [9.17, 15) is 4.79 Å². The van der Waals surface area contributed by atoms with E-state index < -0.39 is 0 Å². The lowest BCUT2D eigenvalue weighted by molar-refractivity contribution is -0.122. The van der Waals surface area contributed by atoms with Gasteiger partial charge in [-0.2, -0.15) is 5.10 Å². The molecule has 0 bridgehead atoms. The highest BCUT2D eigenvalue weighted by Crippen LogP contribution is 2.13. The summed E-state index contributed by atoms with van der Waals surface area (Å²) in [5.74, 6) is -0.164. The zero-order valence-corrected chi connectivity index (χ0v) is 12.1. The van der Waals surface area contributed by atoms with Crippen molar-refractivity contribution in [2.75, 3.05) is 0 Å². The van der Waals surface area contributed by atoms with Gasteiger partial charge in [0.2, 0.25) is 5.91 Å². The number of aromatic nitrogens is 5. The van der Waals surface area contributed by atoms with E-state index >= 15 is 0 Å². The van der Waals surface area contributed by atoms with Crippen LogP contribution in [0.15, 0.2) is 30.5 Å². The molecule has 2 aromatic heterocycles. The molecule has 0 aliphatic rings. The van der Waals surface area contributed by atoms with Crippen LogP contribution >= 0.6 is 11.6 Å². The van der Waals surface area contributed by atoms with Gasteiger partial charge in [0.15, 0.2) is 0 Å². The summed E-state index contributed by atoms with van der Waals surface area (Å²) in [4.78, 5) is 12.0. The van der Waals surface area contributed by atoms with Crippen molar-refractivity contribution in [2.45, 2.75) is 13.1 Å². The molecule has 0 unspecified atom stereocenters. The first-order valence-corrected chi connectivity index (χ1v) is 6.74. The number of nitrogens with zero attached hydrogens (tertiary/aromatic N) is 5. The van der Waals surface area contributed by atoms with Gasteiger partial charge in [-0.3, -0.25) is 9.48 Å². The molecule has 3 aromatic rings. The summed E-state index contributed by atoms with van der Waals surface area (Å²) in [6.45, 7) is 0.427. The Morgan fingerprint density at radius 2 is 2.19 bits per heavy atom. The minimum absolute atomic E-state index is 0.107. The Morgan fingerprint density at radius 3 is 2.95 bits per heavy atom. The molecule has 0 radical (unpaired) electrons. The first-order chi connectivity index (χ1) is 10.1. The fraction of sp³-hybridized carbons (Fsp3) is 0.231. The van der Waals surface area contributed by atoms with Crippen LogP contribution < -0.4 is 5.32 Å². The Kier molecular flexibility index (Phi) is 3.57. The topological polar surface area (TPSA) is 77.6 Å². The average molecular weight is 305 g/mol. The van der Waals surface area contributed by atoms with Crippen molar-refractivity contribution in [2.24, 2.45) is 7.05 Å². The van der Waals surface area contributed by atoms with Crippen LogP contribution in [0.3, 0.4) is 0 Å². The lowest BCUT2D eigenvalue weighted by atomic mass is 10.3. The van der Waals surface area contributed by atoms with Gasteiger partial charge in [0, 0.05) is 7.05 Å². The summed E-state index contributed by atoms with van der Waals surface area (Å²) in [7, 11) is 1.78. The number of fused-ring (bicyclic) bond motifs is 1. The normalized spacial score (nSPS) is 11.0. The molecule has 3 rings (SSSR count). The van der Waals surface area contributed by atoms with Crippen LogP contribution in [0, 0.1) is 0 Å². The van der Waals surface area contributed by atoms with Gasteiger partial charge in [-0.05, 0) is 12.1 Å². The van der Waals surface area contributed by atoms with E-state index in [2.05, 4.69) is 20.7 Å². The van der Waals surface area contributed by atoms with Crippen LogP contribution in [0.1, 0.15) is 5.69 Å². The number of aryl methyl sites for hydroxylation is 1. The maximum Gasteiger partial charge on any atom is 0.242 e. The van der Waals surface area contributed by atoms with Crippen LogP contribution in [0.4, 0.5) is 0 Å². The molecule has 1 amide bonds. The predicted molar refractivity (Wildman–Crippen MR) is 77.6 cm³/mol. The Labute approximate surface area is 125 Å². The summed E-state index contributed by atoms with van der Waals surface area (Å²) in [5, 5.41) is 15.3. The van der Waals surface area contributed by atoms with Crippen molar-refractivity contribution in [3.8, 4) is 0 Å².